The molecule has 1 heterocycles. The highest BCUT2D eigenvalue weighted by Crippen LogP contribution is 2.33. The van der Waals surface area contributed by atoms with Crippen molar-refractivity contribution in [3.05, 3.63) is 71.3 Å². The summed E-state index contributed by atoms with van der Waals surface area (Å²) in [6.45, 7) is 0. The molecule has 0 aliphatic carbocycles. The number of benzene rings is 2. The lowest BCUT2D eigenvalue weighted by Crippen LogP contribution is -1.97. The normalized spacial score (nSPS) is 15.6. The van der Waals surface area contributed by atoms with Crippen LogP contribution in [0.15, 0.2) is 60.2 Å². The zero-order chi connectivity index (χ0) is 15.5. The van der Waals surface area contributed by atoms with Crippen LogP contribution in [-0.4, -0.2) is 18.2 Å². The van der Waals surface area contributed by atoms with Crippen molar-refractivity contribution in [2.45, 2.75) is 0 Å². The molecule has 4 nitrogen and oxygen atoms in total. The lowest BCUT2D eigenvalue weighted by molar-refractivity contribution is -0.130. The molecule has 0 spiro atoms. The number of phenolic OH excluding ortho intramolecular Hbond substituents is 1. The first-order valence-corrected chi connectivity index (χ1v) is 6.76. The summed E-state index contributed by atoms with van der Waals surface area (Å²) in [7, 11) is 1.48. The van der Waals surface area contributed by atoms with E-state index < -0.39 is 5.97 Å². The Bertz CT molecular complexity index is 773. The lowest BCUT2D eigenvalue weighted by Gasteiger charge is -2.05. The molecule has 2 aromatic rings. The maximum absolute atomic E-state index is 12.0. The second-order valence-corrected chi connectivity index (χ2v) is 4.76. The number of ether oxygens (including phenoxy) is 2. The molecular weight excluding hydrogens is 280 g/mol. The van der Waals surface area contributed by atoms with Crippen molar-refractivity contribution in [2.24, 2.45) is 0 Å². The number of para-hydroxylation sites is 1. The monoisotopic (exact) mass is 294 g/mol. The smallest absolute Gasteiger partial charge is 0.343 e. The van der Waals surface area contributed by atoms with Gasteiger partial charge in [-0.25, -0.2) is 4.79 Å². The van der Waals surface area contributed by atoms with Gasteiger partial charge in [-0.1, -0.05) is 42.5 Å². The molecule has 0 radical (unpaired) electrons. The Morgan fingerprint density at radius 1 is 1.09 bits per heavy atom. The minimum Gasteiger partial charge on any atom is -0.504 e. The van der Waals surface area contributed by atoms with Gasteiger partial charge in [-0.15, -0.1) is 0 Å². The van der Waals surface area contributed by atoms with Gasteiger partial charge in [-0.05, 0) is 18.2 Å². The van der Waals surface area contributed by atoms with E-state index >= 15 is 0 Å². The third-order valence-electron chi connectivity index (χ3n) is 3.34. The zero-order valence-corrected chi connectivity index (χ0v) is 11.9. The number of hydrogen-bond acceptors (Lipinski definition) is 4. The number of phenols is 1. The quantitative estimate of drug-likeness (QED) is 0.696. The average Bonchev–Trinajstić information content (AvgIpc) is 2.91. The third kappa shape index (κ3) is 2.59. The zero-order valence-electron chi connectivity index (χ0n) is 11.9. The van der Waals surface area contributed by atoms with Crippen LogP contribution in [0.5, 0.6) is 11.5 Å². The summed E-state index contributed by atoms with van der Waals surface area (Å²) in [6.07, 6.45) is 3.24. The number of esters is 1. The Labute approximate surface area is 127 Å². The fourth-order valence-corrected chi connectivity index (χ4v) is 2.22. The third-order valence-corrected chi connectivity index (χ3v) is 3.34. The summed E-state index contributed by atoms with van der Waals surface area (Å²) in [4.78, 5) is 12.0. The Morgan fingerprint density at radius 3 is 2.59 bits per heavy atom. The van der Waals surface area contributed by atoms with Gasteiger partial charge in [-0.2, -0.15) is 0 Å². The highest BCUT2D eigenvalue weighted by Gasteiger charge is 2.22. The summed E-state index contributed by atoms with van der Waals surface area (Å²) in [5, 5.41) is 10.1. The summed E-state index contributed by atoms with van der Waals surface area (Å²) < 4.78 is 10.3. The maximum Gasteiger partial charge on any atom is 0.343 e. The molecular formula is C18H14O4. The van der Waals surface area contributed by atoms with Crippen LogP contribution < -0.4 is 4.74 Å². The van der Waals surface area contributed by atoms with Crippen LogP contribution in [-0.2, 0) is 9.53 Å². The van der Waals surface area contributed by atoms with E-state index in [2.05, 4.69) is 0 Å². The van der Waals surface area contributed by atoms with Gasteiger partial charge in [0.05, 0.1) is 12.7 Å². The van der Waals surface area contributed by atoms with Crippen molar-refractivity contribution in [2.75, 3.05) is 7.11 Å². The number of rotatable bonds is 3. The van der Waals surface area contributed by atoms with Gasteiger partial charge in [-0.3, -0.25) is 0 Å². The minimum atomic E-state index is -0.443. The predicted octanol–water partition coefficient (Wildman–Crippen LogP) is 3.38. The van der Waals surface area contributed by atoms with Gasteiger partial charge in [0.25, 0.3) is 0 Å². The highest BCUT2D eigenvalue weighted by atomic mass is 16.5. The van der Waals surface area contributed by atoms with Crippen LogP contribution in [0.1, 0.15) is 11.1 Å². The SMILES string of the molecule is COc1cccc(/C=C2\C=C(c3ccccc3)OC2=O)c1O. The van der Waals surface area contributed by atoms with E-state index in [-0.39, 0.29) is 5.75 Å². The average molecular weight is 294 g/mol. The standard InChI is InChI=1S/C18H14O4/c1-21-15-9-5-8-13(17(15)19)10-14-11-16(22-18(14)20)12-6-3-2-4-7-12/h2-11,19H,1H3/b14-10+. The van der Waals surface area contributed by atoms with E-state index in [9.17, 15) is 9.90 Å². The molecule has 0 amide bonds. The van der Waals surface area contributed by atoms with Crippen LogP contribution in [0.2, 0.25) is 0 Å². The number of carbonyl (C=O) groups excluding carboxylic acids is 1. The Kier molecular flexibility index (Phi) is 3.66. The molecule has 0 fully saturated rings. The predicted molar refractivity (Wildman–Crippen MR) is 83.1 cm³/mol. The van der Waals surface area contributed by atoms with Gasteiger partial charge >= 0.3 is 5.97 Å². The molecule has 0 bridgehead atoms. The van der Waals surface area contributed by atoms with Gasteiger partial charge < -0.3 is 14.6 Å². The number of carbonyl (C=O) groups is 1. The lowest BCUT2D eigenvalue weighted by atomic mass is 10.1. The molecule has 0 atom stereocenters. The largest absolute Gasteiger partial charge is 0.504 e. The van der Waals surface area contributed by atoms with Crippen molar-refractivity contribution in [1.29, 1.82) is 0 Å². The maximum atomic E-state index is 12.0. The molecule has 1 aliphatic heterocycles. The molecule has 0 saturated carbocycles. The van der Waals surface area contributed by atoms with E-state index in [1.54, 1.807) is 30.4 Å². The van der Waals surface area contributed by atoms with Crippen molar-refractivity contribution in [3.63, 3.8) is 0 Å². The summed E-state index contributed by atoms with van der Waals surface area (Å²) in [5.41, 5.74) is 1.70. The minimum absolute atomic E-state index is 0.00754. The molecule has 0 aromatic heterocycles. The van der Waals surface area contributed by atoms with Crippen LogP contribution in [0.3, 0.4) is 0 Å². The molecule has 1 N–H and O–H groups in total. The Morgan fingerprint density at radius 2 is 1.86 bits per heavy atom. The van der Waals surface area contributed by atoms with E-state index in [0.29, 0.717) is 22.6 Å². The fourth-order valence-electron chi connectivity index (χ4n) is 2.22. The van der Waals surface area contributed by atoms with Gasteiger partial charge in [0.15, 0.2) is 11.5 Å². The first kappa shape index (κ1) is 13.9. The van der Waals surface area contributed by atoms with Crippen molar-refractivity contribution in [3.8, 4) is 11.5 Å². The van der Waals surface area contributed by atoms with Crippen molar-refractivity contribution < 1.29 is 19.4 Å². The van der Waals surface area contributed by atoms with Gasteiger partial charge in [0, 0.05) is 11.1 Å². The van der Waals surface area contributed by atoms with E-state index in [1.807, 2.05) is 30.3 Å². The first-order valence-electron chi connectivity index (χ1n) is 6.76. The van der Waals surface area contributed by atoms with Crippen LogP contribution >= 0.6 is 0 Å². The molecule has 0 unspecified atom stereocenters. The first-order chi connectivity index (χ1) is 10.7. The summed E-state index contributed by atoms with van der Waals surface area (Å²) >= 11 is 0. The molecule has 22 heavy (non-hydrogen) atoms. The second kappa shape index (κ2) is 5.77. The molecule has 3 rings (SSSR count). The number of cyclic esters (lactones) is 1. The van der Waals surface area contributed by atoms with Crippen LogP contribution in [0.4, 0.5) is 0 Å². The number of aromatic hydroxyl groups is 1. The number of methoxy groups -OCH3 is 1. The topological polar surface area (TPSA) is 55.8 Å². The Balaban J connectivity index is 1.98. The van der Waals surface area contributed by atoms with E-state index in [1.165, 1.54) is 7.11 Å². The van der Waals surface area contributed by atoms with Crippen LogP contribution in [0, 0.1) is 0 Å². The highest BCUT2D eigenvalue weighted by molar-refractivity contribution is 6.05. The second-order valence-electron chi connectivity index (χ2n) is 4.76. The van der Waals surface area contributed by atoms with E-state index in [0.717, 1.165) is 5.56 Å². The molecule has 4 heteroatoms. The summed E-state index contributed by atoms with van der Waals surface area (Å²) in [6, 6.07) is 14.5. The van der Waals surface area contributed by atoms with Crippen molar-refractivity contribution >= 4 is 17.8 Å². The fraction of sp³-hybridized carbons (Fsp3) is 0.0556. The van der Waals surface area contributed by atoms with Crippen LogP contribution in [0.25, 0.3) is 11.8 Å². The van der Waals surface area contributed by atoms with Crippen molar-refractivity contribution in [1.82, 2.24) is 0 Å². The van der Waals surface area contributed by atoms with Gasteiger partial charge in [0.2, 0.25) is 0 Å². The molecule has 1 aliphatic rings. The molecule has 0 saturated heterocycles. The summed E-state index contributed by atoms with van der Waals surface area (Å²) in [5.74, 6) is 0.403. The van der Waals surface area contributed by atoms with E-state index in [4.69, 9.17) is 9.47 Å². The van der Waals surface area contributed by atoms with Gasteiger partial charge in [0.1, 0.15) is 5.76 Å². The Hall–Kier alpha value is -3.01. The number of hydrogen-bond donors (Lipinski definition) is 1. The molecule has 2 aromatic carbocycles. The molecule has 110 valence electrons.